The fraction of sp³-hybridized carbons (Fsp3) is 0.533. The Balaban J connectivity index is 1.60. The number of rotatable bonds is 6. The first-order chi connectivity index (χ1) is 9.24. The average molecular weight is 281 g/mol. The Bertz CT molecular complexity index is 416. The third-order valence-corrected chi connectivity index (χ3v) is 3.74. The van der Waals surface area contributed by atoms with E-state index in [0.29, 0.717) is 19.0 Å². The van der Waals surface area contributed by atoms with Crippen molar-refractivity contribution < 1.29 is 4.79 Å². The highest BCUT2D eigenvalue weighted by molar-refractivity contribution is 6.30. The van der Waals surface area contributed by atoms with Crippen LogP contribution >= 0.6 is 11.6 Å². The summed E-state index contributed by atoms with van der Waals surface area (Å²) in [4.78, 5) is 11.7. The summed E-state index contributed by atoms with van der Waals surface area (Å²) < 4.78 is 0. The molecule has 104 valence electrons. The lowest BCUT2D eigenvalue weighted by molar-refractivity contribution is -0.121. The van der Waals surface area contributed by atoms with Crippen molar-refractivity contribution >= 4 is 17.5 Å². The third kappa shape index (κ3) is 5.21. The van der Waals surface area contributed by atoms with Gasteiger partial charge < -0.3 is 10.6 Å². The molecule has 3 nitrogen and oxygen atoms in total. The summed E-state index contributed by atoms with van der Waals surface area (Å²) in [5.74, 6) is 0.149. The second kappa shape index (κ2) is 7.51. The number of benzene rings is 1. The minimum atomic E-state index is 0.149. The molecule has 1 aromatic carbocycles. The van der Waals surface area contributed by atoms with Gasteiger partial charge in [-0.05, 0) is 49.9 Å². The predicted octanol–water partition coefficient (Wildman–Crippen LogP) is 2.53. The van der Waals surface area contributed by atoms with Gasteiger partial charge in [0.15, 0.2) is 0 Å². The fourth-order valence-corrected chi connectivity index (χ4v) is 2.65. The van der Waals surface area contributed by atoms with Gasteiger partial charge in [-0.1, -0.05) is 23.7 Å². The summed E-state index contributed by atoms with van der Waals surface area (Å²) in [6, 6.07) is 8.30. The van der Waals surface area contributed by atoms with Crippen LogP contribution in [-0.4, -0.2) is 25.0 Å². The van der Waals surface area contributed by atoms with Gasteiger partial charge >= 0.3 is 0 Å². The van der Waals surface area contributed by atoms with Crippen LogP contribution in [0.4, 0.5) is 0 Å². The van der Waals surface area contributed by atoms with Crippen LogP contribution in [0.1, 0.15) is 31.2 Å². The first-order valence-corrected chi connectivity index (χ1v) is 7.36. The molecule has 1 aliphatic heterocycles. The minimum absolute atomic E-state index is 0.149. The third-order valence-electron chi connectivity index (χ3n) is 3.51. The van der Waals surface area contributed by atoms with Crippen molar-refractivity contribution in [1.82, 2.24) is 10.6 Å². The standard InChI is InChI=1S/C15H21ClN2O/c16-13-4-1-3-12(11-13)8-10-18-15(19)7-6-14-5-2-9-17-14/h1,3-4,11,14,17H,2,5-10H2,(H,18,19). The van der Waals surface area contributed by atoms with Crippen LogP contribution in [0.3, 0.4) is 0 Å². The lowest BCUT2D eigenvalue weighted by atomic mass is 10.1. The summed E-state index contributed by atoms with van der Waals surface area (Å²) in [6.07, 6.45) is 4.83. The second-order valence-corrected chi connectivity index (χ2v) is 5.50. The SMILES string of the molecule is O=C(CCC1CCCN1)NCCc1cccc(Cl)c1. The topological polar surface area (TPSA) is 41.1 Å². The molecule has 0 bridgehead atoms. The molecule has 1 unspecified atom stereocenters. The summed E-state index contributed by atoms with van der Waals surface area (Å²) in [6.45, 7) is 1.78. The molecule has 1 aromatic rings. The molecule has 2 N–H and O–H groups in total. The Morgan fingerprint density at radius 3 is 3.11 bits per heavy atom. The molecule has 2 rings (SSSR count). The van der Waals surface area contributed by atoms with E-state index in [1.54, 1.807) is 0 Å². The molecule has 0 aromatic heterocycles. The van der Waals surface area contributed by atoms with Gasteiger partial charge in [-0.25, -0.2) is 0 Å². The van der Waals surface area contributed by atoms with E-state index >= 15 is 0 Å². The van der Waals surface area contributed by atoms with Crippen molar-refractivity contribution in [2.45, 2.75) is 38.1 Å². The van der Waals surface area contributed by atoms with Crippen LogP contribution in [0.15, 0.2) is 24.3 Å². The molecular formula is C15H21ClN2O. The highest BCUT2D eigenvalue weighted by Gasteiger charge is 2.14. The first-order valence-electron chi connectivity index (χ1n) is 6.98. The van der Waals surface area contributed by atoms with Gasteiger partial charge in [0.2, 0.25) is 5.91 Å². The minimum Gasteiger partial charge on any atom is -0.356 e. The Hall–Kier alpha value is -1.06. The maximum atomic E-state index is 11.7. The van der Waals surface area contributed by atoms with Crippen molar-refractivity contribution in [2.24, 2.45) is 0 Å². The van der Waals surface area contributed by atoms with Crippen LogP contribution in [0, 0.1) is 0 Å². The smallest absolute Gasteiger partial charge is 0.220 e. The number of hydrogen-bond donors (Lipinski definition) is 2. The quantitative estimate of drug-likeness (QED) is 0.841. The molecule has 19 heavy (non-hydrogen) atoms. The van der Waals surface area contributed by atoms with Crippen molar-refractivity contribution in [1.29, 1.82) is 0 Å². The highest BCUT2D eigenvalue weighted by Crippen LogP contribution is 2.11. The molecule has 4 heteroatoms. The molecule has 1 aliphatic rings. The summed E-state index contributed by atoms with van der Waals surface area (Å²) in [5, 5.41) is 7.12. The highest BCUT2D eigenvalue weighted by atomic mass is 35.5. The first kappa shape index (κ1) is 14.4. The predicted molar refractivity (Wildman–Crippen MR) is 78.4 cm³/mol. The molecular weight excluding hydrogens is 260 g/mol. The van der Waals surface area contributed by atoms with Gasteiger partial charge in [0.1, 0.15) is 0 Å². The summed E-state index contributed by atoms with van der Waals surface area (Å²) >= 11 is 5.91. The van der Waals surface area contributed by atoms with Crippen molar-refractivity contribution in [3.05, 3.63) is 34.9 Å². The normalized spacial score (nSPS) is 18.5. The number of carbonyl (C=O) groups excluding carboxylic acids is 1. The Kier molecular flexibility index (Phi) is 5.67. The summed E-state index contributed by atoms with van der Waals surface area (Å²) in [5.41, 5.74) is 1.16. The molecule has 0 spiro atoms. The molecule has 1 atom stereocenters. The summed E-state index contributed by atoms with van der Waals surface area (Å²) in [7, 11) is 0. The van der Waals surface area contributed by atoms with Gasteiger partial charge in [-0.2, -0.15) is 0 Å². The maximum Gasteiger partial charge on any atom is 0.220 e. The van der Waals surface area contributed by atoms with Gasteiger partial charge in [0, 0.05) is 24.0 Å². The molecule has 0 saturated carbocycles. The zero-order chi connectivity index (χ0) is 13.5. The largest absolute Gasteiger partial charge is 0.356 e. The van der Waals surface area contributed by atoms with Gasteiger partial charge in [0.25, 0.3) is 0 Å². The number of halogens is 1. The van der Waals surface area contributed by atoms with Crippen LogP contribution in [0.25, 0.3) is 0 Å². The van der Waals surface area contributed by atoms with Crippen LogP contribution in [0.2, 0.25) is 5.02 Å². The zero-order valence-electron chi connectivity index (χ0n) is 11.1. The van der Waals surface area contributed by atoms with E-state index in [9.17, 15) is 4.79 Å². The van der Waals surface area contributed by atoms with Crippen molar-refractivity contribution in [2.75, 3.05) is 13.1 Å². The molecule has 1 saturated heterocycles. The molecule has 0 radical (unpaired) electrons. The average Bonchev–Trinajstić information content (AvgIpc) is 2.89. The van der Waals surface area contributed by atoms with Crippen molar-refractivity contribution in [3.8, 4) is 0 Å². The van der Waals surface area contributed by atoms with Crippen molar-refractivity contribution in [3.63, 3.8) is 0 Å². The van der Waals surface area contributed by atoms with E-state index in [1.165, 1.54) is 12.8 Å². The van der Waals surface area contributed by atoms with E-state index in [0.717, 1.165) is 30.0 Å². The monoisotopic (exact) mass is 280 g/mol. The van der Waals surface area contributed by atoms with Crippen LogP contribution in [-0.2, 0) is 11.2 Å². The van der Waals surface area contributed by atoms with Gasteiger partial charge in [0.05, 0.1) is 0 Å². The van der Waals surface area contributed by atoms with Gasteiger partial charge in [-0.15, -0.1) is 0 Å². The lowest BCUT2D eigenvalue weighted by Gasteiger charge is -2.10. The van der Waals surface area contributed by atoms with E-state index in [-0.39, 0.29) is 5.91 Å². The number of carbonyl (C=O) groups is 1. The number of amides is 1. The molecule has 1 heterocycles. The molecule has 0 aliphatic carbocycles. The Labute approximate surface area is 119 Å². The fourth-order valence-electron chi connectivity index (χ4n) is 2.44. The maximum absolute atomic E-state index is 11.7. The number of nitrogens with one attached hydrogen (secondary N) is 2. The van der Waals surface area contributed by atoms with E-state index in [1.807, 2.05) is 24.3 Å². The number of hydrogen-bond acceptors (Lipinski definition) is 2. The van der Waals surface area contributed by atoms with Crippen LogP contribution < -0.4 is 10.6 Å². The van der Waals surface area contributed by atoms with E-state index in [4.69, 9.17) is 11.6 Å². The zero-order valence-corrected chi connectivity index (χ0v) is 11.9. The second-order valence-electron chi connectivity index (χ2n) is 5.06. The Morgan fingerprint density at radius 2 is 2.37 bits per heavy atom. The Morgan fingerprint density at radius 1 is 1.47 bits per heavy atom. The molecule has 1 fully saturated rings. The van der Waals surface area contributed by atoms with E-state index < -0.39 is 0 Å². The van der Waals surface area contributed by atoms with E-state index in [2.05, 4.69) is 10.6 Å². The lowest BCUT2D eigenvalue weighted by Crippen LogP contribution is -2.28. The van der Waals surface area contributed by atoms with Gasteiger partial charge in [-0.3, -0.25) is 4.79 Å². The van der Waals surface area contributed by atoms with Crippen LogP contribution in [0.5, 0.6) is 0 Å². The molecule has 1 amide bonds.